The molecule has 96 valence electrons. The number of hydrogen-bond acceptors (Lipinski definition) is 2. The van der Waals surface area contributed by atoms with Gasteiger partial charge < -0.3 is 0 Å². The summed E-state index contributed by atoms with van der Waals surface area (Å²) in [5.74, 6) is -0.212. The van der Waals surface area contributed by atoms with Crippen LogP contribution in [0, 0.1) is 12.7 Å². The molecule has 0 saturated heterocycles. The summed E-state index contributed by atoms with van der Waals surface area (Å²) >= 11 is 0. The molecule has 0 saturated carbocycles. The van der Waals surface area contributed by atoms with Gasteiger partial charge in [0.2, 0.25) is 0 Å². The molecule has 0 N–H and O–H groups in total. The molecule has 0 radical (unpaired) electrons. The summed E-state index contributed by atoms with van der Waals surface area (Å²) in [7, 11) is 0. The molecule has 0 spiro atoms. The molecule has 3 aromatic rings. The molecule has 0 atom stereocenters. The first-order valence-corrected chi connectivity index (χ1v) is 6.27. The number of halogens is 1. The molecule has 4 heteroatoms. The predicted molar refractivity (Wildman–Crippen MR) is 73.3 cm³/mol. The van der Waals surface area contributed by atoms with Gasteiger partial charge in [-0.25, -0.2) is 14.1 Å². The third-order valence-corrected chi connectivity index (χ3v) is 3.32. The minimum absolute atomic E-state index is 0.212. The van der Waals surface area contributed by atoms with Crippen LogP contribution < -0.4 is 0 Å². The van der Waals surface area contributed by atoms with Crippen molar-refractivity contribution in [1.29, 1.82) is 0 Å². The van der Waals surface area contributed by atoms with E-state index >= 15 is 0 Å². The van der Waals surface area contributed by atoms with Crippen molar-refractivity contribution in [3.63, 3.8) is 0 Å². The standard InChI is InChI=1S/C15H14FN3/c1-3-19-15-14(9-18-19)13(6-7-17-15)12-5-4-11(16)8-10(12)2/h4-9H,3H2,1-2H3. The second kappa shape index (κ2) is 4.46. The van der Waals surface area contributed by atoms with Crippen molar-refractivity contribution < 1.29 is 4.39 Å². The van der Waals surface area contributed by atoms with Gasteiger partial charge in [-0.05, 0) is 48.7 Å². The van der Waals surface area contributed by atoms with Crippen LogP contribution in [0.5, 0.6) is 0 Å². The van der Waals surface area contributed by atoms with E-state index in [4.69, 9.17) is 0 Å². The number of aromatic nitrogens is 3. The fraction of sp³-hybridized carbons (Fsp3) is 0.200. The van der Waals surface area contributed by atoms with Gasteiger partial charge >= 0.3 is 0 Å². The van der Waals surface area contributed by atoms with E-state index in [0.29, 0.717) is 0 Å². The maximum atomic E-state index is 13.2. The number of nitrogens with zero attached hydrogens (tertiary/aromatic N) is 3. The molecule has 2 aromatic heterocycles. The van der Waals surface area contributed by atoms with Crippen LogP contribution in [-0.2, 0) is 6.54 Å². The van der Waals surface area contributed by atoms with Crippen molar-refractivity contribution in [1.82, 2.24) is 14.8 Å². The molecule has 0 bridgehead atoms. The van der Waals surface area contributed by atoms with E-state index in [1.54, 1.807) is 12.3 Å². The van der Waals surface area contributed by atoms with Gasteiger partial charge in [0.1, 0.15) is 5.82 Å². The molecule has 1 aromatic carbocycles. The van der Waals surface area contributed by atoms with Crippen LogP contribution in [0.15, 0.2) is 36.7 Å². The maximum Gasteiger partial charge on any atom is 0.158 e. The van der Waals surface area contributed by atoms with Gasteiger partial charge in [0.25, 0.3) is 0 Å². The second-order valence-corrected chi connectivity index (χ2v) is 4.52. The van der Waals surface area contributed by atoms with E-state index in [1.807, 2.05) is 36.9 Å². The van der Waals surface area contributed by atoms with Crippen LogP contribution in [0.4, 0.5) is 4.39 Å². The van der Waals surface area contributed by atoms with Crippen LogP contribution in [0.2, 0.25) is 0 Å². The first-order valence-electron chi connectivity index (χ1n) is 6.27. The van der Waals surface area contributed by atoms with Crippen molar-refractivity contribution >= 4 is 11.0 Å². The van der Waals surface area contributed by atoms with Crippen LogP contribution in [0.1, 0.15) is 12.5 Å². The molecule has 2 heterocycles. The molecule has 3 rings (SSSR count). The highest BCUT2D eigenvalue weighted by molar-refractivity contribution is 5.93. The first kappa shape index (κ1) is 11.8. The van der Waals surface area contributed by atoms with E-state index < -0.39 is 0 Å². The maximum absolute atomic E-state index is 13.2. The Labute approximate surface area is 110 Å². The third kappa shape index (κ3) is 1.89. The van der Waals surface area contributed by atoms with Gasteiger partial charge in [0, 0.05) is 18.1 Å². The Morgan fingerprint density at radius 3 is 2.79 bits per heavy atom. The minimum Gasteiger partial charge on any atom is -0.248 e. The fourth-order valence-corrected chi connectivity index (χ4v) is 2.37. The fourth-order valence-electron chi connectivity index (χ4n) is 2.37. The summed E-state index contributed by atoms with van der Waals surface area (Å²) in [5.41, 5.74) is 3.84. The average molecular weight is 255 g/mol. The zero-order chi connectivity index (χ0) is 13.4. The van der Waals surface area contributed by atoms with Crippen molar-refractivity contribution in [3.8, 4) is 11.1 Å². The number of fused-ring (bicyclic) bond motifs is 1. The van der Waals surface area contributed by atoms with Gasteiger partial charge in [-0.1, -0.05) is 6.07 Å². The summed E-state index contributed by atoms with van der Waals surface area (Å²) in [6, 6.07) is 6.79. The molecular weight excluding hydrogens is 241 g/mol. The first-order chi connectivity index (χ1) is 9.20. The quantitative estimate of drug-likeness (QED) is 0.701. The number of pyridine rings is 1. The van der Waals surface area contributed by atoms with Crippen LogP contribution in [0.25, 0.3) is 22.2 Å². The normalized spacial score (nSPS) is 11.1. The average Bonchev–Trinajstić information content (AvgIpc) is 2.82. The molecule has 19 heavy (non-hydrogen) atoms. The van der Waals surface area contributed by atoms with Gasteiger partial charge in [0.05, 0.1) is 6.20 Å². The van der Waals surface area contributed by atoms with E-state index in [-0.39, 0.29) is 5.82 Å². The topological polar surface area (TPSA) is 30.7 Å². The van der Waals surface area contributed by atoms with E-state index in [0.717, 1.165) is 34.3 Å². The lowest BCUT2D eigenvalue weighted by Crippen LogP contribution is -1.97. The third-order valence-electron chi connectivity index (χ3n) is 3.32. The van der Waals surface area contributed by atoms with Crippen LogP contribution in [-0.4, -0.2) is 14.8 Å². The largest absolute Gasteiger partial charge is 0.248 e. The van der Waals surface area contributed by atoms with Gasteiger partial charge in [0.15, 0.2) is 5.65 Å². The van der Waals surface area contributed by atoms with Crippen molar-refractivity contribution in [2.75, 3.05) is 0 Å². The highest BCUT2D eigenvalue weighted by Gasteiger charge is 2.11. The highest BCUT2D eigenvalue weighted by Crippen LogP contribution is 2.29. The van der Waals surface area contributed by atoms with Gasteiger partial charge in [-0.2, -0.15) is 5.10 Å². The van der Waals surface area contributed by atoms with Crippen LogP contribution >= 0.6 is 0 Å². The predicted octanol–water partition coefficient (Wildman–Crippen LogP) is 3.57. The Kier molecular flexibility index (Phi) is 2.78. The van der Waals surface area contributed by atoms with Crippen molar-refractivity contribution in [2.45, 2.75) is 20.4 Å². The summed E-state index contributed by atoms with van der Waals surface area (Å²) in [4.78, 5) is 4.37. The summed E-state index contributed by atoms with van der Waals surface area (Å²) in [6.45, 7) is 4.72. The number of aryl methyl sites for hydroxylation is 2. The van der Waals surface area contributed by atoms with E-state index in [2.05, 4.69) is 10.1 Å². The second-order valence-electron chi connectivity index (χ2n) is 4.52. The molecular formula is C15H14FN3. The molecule has 3 nitrogen and oxygen atoms in total. The summed E-state index contributed by atoms with van der Waals surface area (Å²) < 4.78 is 15.1. The molecule has 0 aliphatic rings. The lowest BCUT2D eigenvalue weighted by atomic mass is 9.99. The Morgan fingerprint density at radius 1 is 1.21 bits per heavy atom. The highest BCUT2D eigenvalue weighted by atomic mass is 19.1. The number of benzene rings is 1. The molecule has 0 aliphatic carbocycles. The smallest absolute Gasteiger partial charge is 0.158 e. The van der Waals surface area contributed by atoms with E-state index in [1.165, 1.54) is 6.07 Å². The molecule has 0 amide bonds. The van der Waals surface area contributed by atoms with Crippen LogP contribution in [0.3, 0.4) is 0 Å². The molecule has 0 fully saturated rings. The molecule has 0 aliphatic heterocycles. The zero-order valence-corrected chi connectivity index (χ0v) is 10.9. The Balaban J connectivity index is 2.28. The van der Waals surface area contributed by atoms with Gasteiger partial charge in [-0.15, -0.1) is 0 Å². The van der Waals surface area contributed by atoms with Gasteiger partial charge in [-0.3, -0.25) is 0 Å². The number of rotatable bonds is 2. The lowest BCUT2D eigenvalue weighted by Gasteiger charge is -2.07. The minimum atomic E-state index is -0.212. The monoisotopic (exact) mass is 255 g/mol. The summed E-state index contributed by atoms with van der Waals surface area (Å²) in [5, 5.41) is 5.33. The number of hydrogen-bond donors (Lipinski definition) is 0. The lowest BCUT2D eigenvalue weighted by molar-refractivity contribution is 0.627. The zero-order valence-electron chi connectivity index (χ0n) is 10.9. The Hall–Kier alpha value is -2.23. The Morgan fingerprint density at radius 2 is 2.05 bits per heavy atom. The SMILES string of the molecule is CCn1ncc2c(-c3ccc(F)cc3C)ccnc21. The van der Waals surface area contributed by atoms with Crippen molar-refractivity contribution in [2.24, 2.45) is 0 Å². The Bertz CT molecular complexity index is 746. The molecule has 0 unspecified atom stereocenters. The van der Waals surface area contributed by atoms with Crippen molar-refractivity contribution in [3.05, 3.63) is 48.0 Å². The summed E-state index contributed by atoms with van der Waals surface area (Å²) in [6.07, 6.45) is 3.60. The van der Waals surface area contributed by atoms with E-state index in [9.17, 15) is 4.39 Å².